The van der Waals surface area contributed by atoms with E-state index in [9.17, 15) is 4.79 Å². The van der Waals surface area contributed by atoms with E-state index in [0.29, 0.717) is 12.1 Å². The fourth-order valence-corrected chi connectivity index (χ4v) is 2.66. The third-order valence-electron chi connectivity index (χ3n) is 3.91. The number of nitrogens with zero attached hydrogens (tertiary/aromatic N) is 3. The van der Waals surface area contributed by atoms with E-state index in [1.807, 2.05) is 24.9 Å². The molecule has 6 heteroatoms. The lowest BCUT2D eigenvalue weighted by Crippen LogP contribution is -2.46. The summed E-state index contributed by atoms with van der Waals surface area (Å²) >= 11 is 0. The molecule has 1 saturated heterocycles. The van der Waals surface area contributed by atoms with Crippen LogP contribution in [0.2, 0.25) is 0 Å². The molecule has 0 radical (unpaired) electrons. The molecule has 2 rings (SSSR count). The van der Waals surface area contributed by atoms with E-state index in [-0.39, 0.29) is 12.1 Å². The van der Waals surface area contributed by atoms with Crippen molar-refractivity contribution in [1.29, 1.82) is 0 Å². The van der Waals surface area contributed by atoms with Gasteiger partial charge in [0.25, 0.3) is 0 Å². The maximum absolute atomic E-state index is 12.0. The van der Waals surface area contributed by atoms with E-state index in [2.05, 4.69) is 40.5 Å². The first kappa shape index (κ1) is 16.8. The zero-order valence-corrected chi connectivity index (χ0v) is 14.2. The zero-order chi connectivity index (χ0) is 16.1. The van der Waals surface area contributed by atoms with Crippen LogP contribution in [0.15, 0.2) is 12.4 Å². The maximum atomic E-state index is 12.0. The van der Waals surface area contributed by atoms with Crippen LogP contribution in [0.25, 0.3) is 0 Å². The first-order valence-electron chi connectivity index (χ1n) is 8.27. The van der Waals surface area contributed by atoms with Gasteiger partial charge in [0.05, 0.1) is 12.2 Å². The molecular formula is C16H29N5O. The standard InChI is InChI=1S/C16H29N5O/c1-12(2)17-9-14-10-18-21(11-14)15-5-7-20(8-6-15)16(22)19-13(3)4/h10-13,15,17H,5-9H2,1-4H3,(H,19,22). The van der Waals surface area contributed by atoms with Crippen LogP contribution in [0.4, 0.5) is 4.79 Å². The van der Waals surface area contributed by atoms with Crippen molar-refractivity contribution in [3.05, 3.63) is 18.0 Å². The van der Waals surface area contributed by atoms with E-state index in [0.717, 1.165) is 32.5 Å². The van der Waals surface area contributed by atoms with Gasteiger partial charge in [-0.15, -0.1) is 0 Å². The van der Waals surface area contributed by atoms with E-state index < -0.39 is 0 Å². The molecule has 1 aromatic rings. The fourth-order valence-electron chi connectivity index (χ4n) is 2.66. The Labute approximate surface area is 133 Å². The molecule has 22 heavy (non-hydrogen) atoms. The summed E-state index contributed by atoms with van der Waals surface area (Å²) in [4.78, 5) is 13.9. The summed E-state index contributed by atoms with van der Waals surface area (Å²) in [5.41, 5.74) is 1.22. The van der Waals surface area contributed by atoms with E-state index >= 15 is 0 Å². The summed E-state index contributed by atoms with van der Waals surface area (Å²) in [5.74, 6) is 0. The predicted octanol–water partition coefficient (Wildman–Crippen LogP) is 2.14. The molecule has 2 amide bonds. The highest BCUT2D eigenvalue weighted by Crippen LogP contribution is 2.22. The van der Waals surface area contributed by atoms with Crippen LogP contribution >= 0.6 is 0 Å². The fraction of sp³-hybridized carbons (Fsp3) is 0.750. The molecule has 2 heterocycles. The topological polar surface area (TPSA) is 62.2 Å². The third-order valence-corrected chi connectivity index (χ3v) is 3.91. The molecule has 0 spiro atoms. The van der Waals surface area contributed by atoms with Crippen molar-refractivity contribution < 1.29 is 4.79 Å². The summed E-state index contributed by atoms with van der Waals surface area (Å²) in [7, 11) is 0. The van der Waals surface area contributed by atoms with Gasteiger partial charge in [0.1, 0.15) is 0 Å². The van der Waals surface area contributed by atoms with Gasteiger partial charge in [0, 0.05) is 43.5 Å². The second-order valence-electron chi connectivity index (χ2n) is 6.69. The molecule has 1 fully saturated rings. The number of carbonyl (C=O) groups is 1. The van der Waals surface area contributed by atoms with Crippen molar-refractivity contribution in [3.63, 3.8) is 0 Å². The summed E-state index contributed by atoms with van der Waals surface area (Å²) < 4.78 is 2.06. The molecule has 0 aliphatic carbocycles. The van der Waals surface area contributed by atoms with Gasteiger partial charge in [0.15, 0.2) is 0 Å². The van der Waals surface area contributed by atoms with Crippen molar-refractivity contribution in [2.75, 3.05) is 13.1 Å². The van der Waals surface area contributed by atoms with Crippen molar-refractivity contribution in [2.45, 2.75) is 65.2 Å². The SMILES string of the molecule is CC(C)NCc1cnn(C2CCN(C(=O)NC(C)C)CC2)c1. The average molecular weight is 307 g/mol. The lowest BCUT2D eigenvalue weighted by Gasteiger charge is -2.32. The van der Waals surface area contributed by atoms with Gasteiger partial charge in [-0.05, 0) is 26.7 Å². The first-order valence-corrected chi connectivity index (χ1v) is 8.27. The predicted molar refractivity (Wildman–Crippen MR) is 87.7 cm³/mol. The Balaban J connectivity index is 1.82. The molecule has 2 N–H and O–H groups in total. The summed E-state index contributed by atoms with van der Waals surface area (Å²) in [6.07, 6.45) is 5.99. The van der Waals surface area contributed by atoms with Crippen LogP contribution in [0.3, 0.4) is 0 Å². The lowest BCUT2D eigenvalue weighted by molar-refractivity contribution is 0.166. The first-order chi connectivity index (χ1) is 10.5. The zero-order valence-electron chi connectivity index (χ0n) is 14.2. The van der Waals surface area contributed by atoms with Gasteiger partial charge in [0.2, 0.25) is 0 Å². The highest BCUT2D eigenvalue weighted by Gasteiger charge is 2.24. The molecule has 1 aromatic heterocycles. The monoisotopic (exact) mass is 307 g/mol. The number of urea groups is 1. The Morgan fingerprint density at radius 3 is 2.55 bits per heavy atom. The summed E-state index contributed by atoms with van der Waals surface area (Å²) in [6, 6.07) is 1.12. The van der Waals surface area contributed by atoms with Crippen molar-refractivity contribution in [3.8, 4) is 0 Å². The highest BCUT2D eigenvalue weighted by molar-refractivity contribution is 5.74. The molecule has 0 unspecified atom stereocenters. The number of piperidine rings is 1. The molecule has 1 aliphatic heterocycles. The van der Waals surface area contributed by atoms with Crippen molar-refractivity contribution >= 4 is 6.03 Å². The van der Waals surface area contributed by atoms with Crippen LogP contribution in [-0.4, -0.2) is 45.9 Å². The number of rotatable bonds is 5. The largest absolute Gasteiger partial charge is 0.336 e. The normalized spacial score (nSPS) is 16.5. The Kier molecular flexibility index (Phi) is 5.83. The summed E-state index contributed by atoms with van der Waals surface area (Å²) in [6.45, 7) is 10.7. The molecule has 1 aliphatic rings. The second kappa shape index (κ2) is 7.63. The Morgan fingerprint density at radius 1 is 1.27 bits per heavy atom. The van der Waals surface area contributed by atoms with E-state index in [1.165, 1.54) is 5.56 Å². The number of nitrogens with one attached hydrogen (secondary N) is 2. The van der Waals surface area contributed by atoms with E-state index in [4.69, 9.17) is 0 Å². The van der Waals surface area contributed by atoms with Crippen molar-refractivity contribution in [1.82, 2.24) is 25.3 Å². The lowest BCUT2D eigenvalue weighted by atomic mass is 10.1. The minimum Gasteiger partial charge on any atom is -0.336 e. The number of likely N-dealkylation sites (tertiary alicyclic amines) is 1. The molecule has 0 saturated carbocycles. The van der Waals surface area contributed by atoms with Gasteiger partial charge in [-0.2, -0.15) is 5.10 Å². The number of aromatic nitrogens is 2. The van der Waals surface area contributed by atoms with Gasteiger partial charge >= 0.3 is 6.03 Å². The minimum absolute atomic E-state index is 0.0516. The molecule has 6 nitrogen and oxygen atoms in total. The van der Waals surface area contributed by atoms with Crippen LogP contribution in [-0.2, 0) is 6.54 Å². The van der Waals surface area contributed by atoms with Crippen molar-refractivity contribution in [2.24, 2.45) is 0 Å². The Hall–Kier alpha value is -1.56. The third kappa shape index (κ3) is 4.73. The van der Waals surface area contributed by atoms with E-state index in [1.54, 1.807) is 0 Å². The molecule has 0 atom stereocenters. The number of carbonyl (C=O) groups excluding carboxylic acids is 1. The smallest absolute Gasteiger partial charge is 0.317 e. The Morgan fingerprint density at radius 2 is 1.95 bits per heavy atom. The van der Waals surface area contributed by atoms with Crippen LogP contribution in [0, 0.1) is 0 Å². The van der Waals surface area contributed by atoms with Crippen LogP contribution in [0.1, 0.15) is 52.1 Å². The number of hydrogen-bond acceptors (Lipinski definition) is 3. The van der Waals surface area contributed by atoms with Gasteiger partial charge in [-0.1, -0.05) is 13.8 Å². The highest BCUT2D eigenvalue weighted by atomic mass is 16.2. The quantitative estimate of drug-likeness (QED) is 0.876. The average Bonchev–Trinajstić information content (AvgIpc) is 2.93. The van der Waals surface area contributed by atoms with Gasteiger partial charge in [-0.3, -0.25) is 4.68 Å². The summed E-state index contributed by atoms with van der Waals surface area (Å²) in [5, 5.41) is 10.9. The number of hydrogen-bond donors (Lipinski definition) is 2. The Bertz CT molecular complexity index is 475. The molecule has 0 bridgehead atoms. The maximum Gasteiger partial charge on any atom is 0.317 e. The number of amides is 2. The van der Waals surface area contributed by atoms with Gasteiger partial charge < -0.3 is 15.5 Å². The van der Waals surface area contributed by atoms with Gasteiger partial charge in [-0.25, -0.2) is 4.79 Å². The molecule has 124 valence electrons. The molecule has 0 aromatic carbocycles. The minimum atomic E-state index is 0.0516. The molecular weight excluding hydrogens is 278 g/mol. The van der Waals surface area contributed by atoms with Crippen LogP contribution < -0.4 is 10.6 Å². The second-order valence-corrected chi connectivity index (χ2v) is 6.69. The van der Waals surface area contributed by atoms with Crippen LogP contribution in [0.5, 0.6) is 0 Å².